The van der Waals surface area contributed by atoms with Gasteiger partial charge in [-0.05, 0) is 31.3 Å². The Bertz CT molecular complexity index is 581. The molecule has 0 bridgehead atoms. The molecule has 2 atom stereocenters. The lowest BCUT2D eigenvalue weighted by atomic mass is 9.88. The van der Waals surface area contributed by atoms with Gasteiger partial charge in [0.1, 0.15) is 0 Å². The number of hydrogen-bond acceptors (Lipinski definition) is 3. The Hall–Kier alpha value is -2.11. The highest BCUT2D eigenvalue weighted by molar-refractivity contribution is 5.91. The third kappa shape index (κ3) is 3.63. The number of hydrogen-bond donors (Lipinski definition) is 1. The fraction of sp³-hybridized carbons (Fsp3) is 0.588. The van der Waals surface area contributed by atoms with Crippen molar-refractivity contribution in [2.24, 2.45) is 5.92 Å². The van der Waals surface area contributed by atoms with Gasteiger partial charge in [0.25, 0.3) is 0 Å². The highest BCUT2D eigenvalue weighted by Gasteiger charge is 2.36. The van der Waals surface area contributed by atoms with Gasteiger partial charge < -0.3 is 14.8 Å². The molecule has 1 aromatic heterocycles. The molecule has 0 aliphatic carbocycles. The summed E-state index contributed by atoms with van der Waals surface area (Å²) in [7, 11) is 0. The average molecular weight is 316 g/mol. The first-order valence-electron chi connectivity index (χ1n) is 8.37. The number of carbonyl (C=O) groups excluding carboxylic acids is 2. The number of fused-ring (bicyclic) bond motifs is 1. The summed E-state index contributed by atoms with van der Waals surface area (Å²) in [6.45, 7) is 3.99. The molecule has 2 aliphatic rings. The number of imidazole rings is 1. The van der Waals surface area contributed by atoms with Crippen molar-refractivity contribution >= 4 is 17.9 Å². The second kappa shape index (κ2) is 6.98. The number of amides is 2. The number of likely N-dealkylation sites (tertiary alicyclic amines) is 2. The van der Waals surface area contributed by atoms with E-state index in [4.69, 9.17) is 0 Å². The van der Waals surface area contributed by atoms with Crippen molar-refractivity contribution in [3.05, 3.63) is 24.3 Å². The maximum atomic E-state index is 12.6. The van der Waals surface area contributed by atoms with E-state index in [1.165, 1.54) is 0 Å². The quantitative estimate of drug-likeness (QED) is 0.844. The SMILES string of the molecule is CC(=O)N1CC[C@@H]2[C@H](CCCCN2C(=O)/C=C/c2cnc[nH]2)C1. The maximum absolute atomic E-state index is 12.6. The first-order valence-corrected chi connectivity index (χ1v) is 8.37. The molecule has 6 nitrogen and oxygen atoms in total. The van der Waals surface area contributed by atoms with Gasteiger partial charge in [0.05, 0.1) is 18.2 Å². The van der Waals surface area contributed by atoms with E-state index in [0.717, 1.165) is 51.0 Å². The lowest BCUT2D eigenvalue weighted by molar-refractivity contribution is -0.134. The minimum absolute atomic E-state index is 0.0628. The molecule has 1 N–H and O–H groups in total. The van der Waals surface area contributed by atoms with Crippen LogP contribution in [0.15, 0.2) is 18.6 Å². The number of carbonyl (C=O) groups is 2. The van der Waals surface area contributed by atoms with Crippen LogP contribution in [-0.4, -0.2) is 57.3 Å². The summed E-state index contributed by atoms with van der Waals surface area (Å²) in [4.78, 5) is 35.1. The Kier molecular flexibility index (Phi) is 4.79. The molecule has 3 heterocycles. The molecule has 2 saturated heterocycles. The van der Waals surface area contributed by atoms with E-state index in [1.807, 2.05) is 9.80 Å². The molecule has 23 heavy (non-hydrogen) atoms. The summed E-state index contributed by atoms with van der Waals surface area (Å²) in [5.74, 6) is 0.608. The number of nitrogens with zero attached hydrogens (tertiary/aromatic N) is 3. The smallest absolute Gasteiger partial charge is 0.246 e. The van der Waals surface area contributed by atoms with Crippen LogP contribution in [0.1, 0.15) is 38.3 Å². The van der Waals surface area contributed by atoms with Gasteiger partial charge in [0.15, 0.2) is 0 Å². The molecule has 2 fully saturated rings. The van der Waals surface area contributed by atoms with Crippen LogP contribution in [0.3, 0.4) is 0 Å². The Morgan fingerprint density at radius 2 is 2.17 bits per heavy atom. The third-order valence-corrected chi connectivity index (χ3v) is 4.97. The van der Waals surface area contributed by atoms with E-state index in [0.29, 0.717) is 5.92 Å². The second-order valence-electron chi connectivity index (χ2n) is 6.45. The lowest BCUT2D eigenvalue weighted by Gasteiger charge is -2.42. The van der Waals surface area contributed by atoms with Crippen molar-refractivity contribution in [2.75, 3.05) is 19.6 Å². The zero-order valence-corrected chi connectivity index (χ0v) is 13.6. The van der Waals surface area contributed by atoms with Crippen LogP contribution >= 0.6 is 0 Å². The van der Waals surface area contributed by atoms with Crippen LogP contribution in [0.2, 0.25) is 0 Å². The number of aromatic nitrogens is 2. The van der Waals surface area contributed by atoms with E-state index in [2.05, 4.69) is 9.97 Å². The van der Waals surface area contributed by atoms with Gasteiger partial charge in [-0.3, -0.25) is 9.59 Å². The van der Waals surface area contributed by atoms with Gasteiger partial charge in [0.2, 0.25) is 11.8 Å². The standard InChI is InChI=1S/C17H24N4O2/c1-13(22)20-9-7-16-14(11-20)4-2-3-8-21(16)17(23)6-5-15-10-18-12-19-15/h5-6,10,12,14,16H,2-4,7-9,11H2,1H3,(H,18,19)/b6-5+/t14-,16-/m1/s1. The lowest BCUT2D eigenvalue weighted by Crippen LogP contribution is -2.52. The van der Waals surface area contributed by atoms with Crippen molar-refractivity contribution in [3.63, 3.8) is 0 Å². The fourth-order valence-corrected chi connectivity index (χ4v) is 3.74. The summed E-state index contributed by atoms with van der Waals surface area (Å²) in [6, 6.07) is 0.256. The molecule has 0 unspecified atom stereocenters. The van der Waals surface area contributed by atoms with Crippen molar-refractivity contribution in [1.29, 1.82) is 0 Å². The van der Waals surface area contributed by atoms with Crippen molar-refractivity contribution in [3.8, 4) is 0 Å². The molecule has 6 heteroatoms. The zero-order chi connectivity index (χ0) is 16.2. The van der Waals surface area contributed by atoms with E-state index in [-0.39, 0.29) is 17.9 Å². The fourth-order valence-electron chi connectivity index (χ4n) is 3.74. The van der Waals surface area contributed by atoms with E-state index >= 15 is 0 Å². The van der Waals surface area contributed by atoms with Crippen LogP contribution in [0, 0.1) is 5.92 Å². The normalized spacial score (nSPS) is 25.3. The van der Waals surface area contributed by atoms with Crippen molar-refractivity contribution in [1.82, 2.24) is 19.8 Å². The zero-order valence-electron chi connectivity index (χ0n) is 13.6. The Balaban J connectivity index is 1.70. The summed E-state index contributed by atoms with van der Waals surface area (Å²) >= 11 is 0. The van der Waals surface area contributed by atoms with Crippen molar-refractivity contribution in [2.45, 2.75) is 38.6 Å². The van der Waals surface area contributed by atoms with Crippen LogP contribution in [-0.2, 0) is 9.59 Å². The summed E-state index contributed by atoms with van der Waals surface area (Å²) in [5, 5.41) is 0. The van der Waals surface area contributed by atoms with E-state index in [1.54, 1.807) is 31.6 Å². The molecule has 0 aromatic carbocycles. The minimum Gasteiger partial charge on any atom is -0.345 e. The molecule has 2 aliphatic heterocycles. The average Bonchev–Trinajstić information content (AvgIpc) is 2.97. The van der Waals surface area contributed by atoms with Crippen LogP contribution < -0.4 is 0 Å². The highest BCUT2D eigenvalue weighted by Crippen LogP contribution is 2.30. The topological polar surface area (TPSA) is 69.3 Å². The second-order valence-corrected chi connectivity index (χ2v) is 6.45. The van der Waals surface area contributed by atoms with E-state index < -0.39 is 0 Å². The Morgan fingerprint density at radius 1 is 1.30 bits per heavy atom. The number of aromatic amines is 1. The molecule has 2 amide bonds. The van der Waals surface area contributed by atoms with Crippen LogP contribution in [0.4, 0.5) is 0 Å². The first kappa shape index (κ1) is 15.8. The number of nitrogens with one attached hydrogen (secondary N) is 1. The highest BCUT2D eigenvalue weighted by atomic mass is 16.2. The van der Waals surface area contributed by atoms with Crippen molar-refractivity contribution < 1.29 is 9.59 Å². The molecule has 3 rings (SSSR count). The number of piperidine rings is 1. The van der Waals surface area contributed by atoms with Gasteiger partial charge in [0, 0.05) is 38.7 Å². The van der Waals surface area contributed by atoms with Crippen LogP contribution in [0.25, 0.3) is 6.08 Å². The molecule has 1 aromatic rings. The Morgan fingerprint density at radius 3 is 2.91 bits per heavy atom. The van der Waals surface area contributed by atoms with E-state index in [9.17, 15) is 9.59 Å². The first-order chi connectivity index (χ1) is 11.1. The molecule has 0 radical (unpaired) electrons. The largest absolute Gasteiger partial charge is 0.345 e. The predicted molar refractivity (Wildman–Crippen MR) is 87.3 cm³/mol. The maximum Gasteiger partial charge on any atom is 0.246 e. The summed E-state index contributed by atoms with van der Waals surface area (Å²) in [5.41, 5.74) is 0.830. The third-order valence-electron chi connectivity index (χ3n) is 4.97. The molecule has 0 saturated carbocycles. The molecule has 0 spiro atoms. The van der Waals surface area contributed by atoms with Gasteiger partial charge in [-0.2, -0.15) is 0 Å². The van der Waals surface area contributed by atoms with Gasteiger partial charge >= 0.3 is 0 Å². The van der Waals surface area contributed by atoms with Gasteiger partial charge in [-0.25, -0.2) is 4.98 Å². The van der Waals surface area contributed by atoms with Crippen LogP contribution in [0.5, 0.6) is 0 Å². The molecular weight excluding hydrogens is 292 g/mol. The number of H-pyrrole nitrogens is 1. The number of rotatable bonds is 2. The summed E-state index contributed by atoms with van der Waals surface area (Å²) in [6.07, 6.45) is 10.9. The van der Waals surface area contributed by atoms with Gasteiger partial charge in [-0.15, -0.1) is 0 Å². The predicted octanol–water partition coefficient (Wildman–Crippen LogP) is 1.67. The molecule has 124 valence electrons. The van der Waals surface area contributed by atoms with Gasteiger partial charge in [-0.1, -0.05) is 6.42 Å². The molecular formula is C17H24N4O2. The minimum atomic E-state index is 0.0628. The summed E-state index contributed by atoms with van der Waals surface area (Å²) < 4.78 is 0. The monoisotopic (exact) mass is 316 g/mol. The Labute approximate surface area is 136 Å².